The summed E-state index contributed by atoms with van der Waals surface area (Å²) in [6, 6.07) is 11.7. The average Bonchev–Trinajstić information content (AvgIpc) is 3.17. The van der Waals surface area contributed by atoms with E-state index in [1.54, 1.807) is 32.3 Å². The zero-order valence-corrected chi connectivity index (χ0v) is 15.8. The van der Waals surface area contributed by atoms with E-state index < -0.39 is 27.1 Å². The molecule has 28 heavy (non-hydrogen) atoms. The van der Waals surface area contributed by atoms with Crippen molar-refractivity contribution in [1.82, 2.24) is 9.31 Å². The Bertz CT molecular complexity index is 1140. The number of nitrogens with zero attached hydrogens (tertiary/aromatic N) is 4. The Morgan fingerprint density at radius 2 is 1.89 bits per heavy atom. The van der Waals surface area contributed by atoms with Gasteiger partial charge in [-0.05, 0) is 18.2 Å². The Morgan fingerprint density at radius 1 is 1.18 bits per heavy atom. The van der Waals surface area contributed by atoms with E-state index in [1.807, 2.05) is 0 Å². The number of amidine groups is 1. The van der Waals surface area contributed by atoms with Gasteiger partial charge in [0.05, 0.1) is 23.9 Å². The third kappa shape index (κ3) is 2.47. The van der Waals surface area contributed by atoms with Crippen molar-refractivity contribution in [3.05, 3.63) is 69.8 Å². The van der Waals surface area contributed by atoms with Crippen molar-refractivity contribution in [1.29, 1.82) is 0 Å². The van der Waals surface area contributed by atoms with Gasteiger partial charge >= 0.3 is 0 Å². The number of fused-ring (bicyclic) bond motifs is 3. The van der Waals surface area contributed by atoms with Crippen molar-refractivity contribution in [3.8, 4) is 0 Å². The molecule has 0 spiro atoms. The predicted octanol–water partition coefficient (Wildman–Crippen LogP) is -0.155. The third-order valence-corrected chi connectivity index (χ3v) is 6.36. The predicted molar refractivity (Wildman–Crippen MR) is 97.9 cm³/mol. The maximum Gasteiger partial charge on any atom is 0.281 e. The summed E-state index contributed by atoms with van der Waals surface area (Å²) in [5.74, 6) is -0.454. The lowest BCUT2D eigenvalue weighted by atomic mass is 10.2. The zero-order chi connectivity index (χ0) is 20.2. The highest BCUT2D eigenvalue weighted by molar-refractivity contribution is 7.90. The second kappa shape index (κ2) is 6.11. The molecule has 0 bridgehead atoms. The third-order valence-electron chi connectivity index (χ3n) is 4.56. The van der Waals surface area contributed by atoms with Crippen LogP contribution in [0, 0.1) is 10.1 Å². The number of nitro benzene ring substituents is 1. The Balaban J connectivity index is 1.83. The number of rotatable bonds is 3. The molecule has 144 valence electrons. The molecule has 2 aliphatic heterocycles. The Hall–Kier alpha value is -3.31. The fourth-order valence-electron chi connectivity index (χ4n) is 3.34. The molecule has 0 saturated heterocycles. The van der Waals surface area contributed by atoms with Crippen molar-refractivity contribution in [2.24, 2.45) is 5.10 Å². The SMILES string of the molecule is C[NH+](C)[C@@H]1N(C(=O)c2cccc([N+](=O)[O-])c2)N=C2c3ccccc3S(=O)(=O)N21. The number of non-ortho nitro benzene ring substituents is 1. The van der Waals surface area contributed by atoms with Gasteiger partial charge in [0.2, 0.25) is 0 Å². The minimum Gasteiger partial charge on any atom is -0.299 e. The summed E-state index contributed by atoms with van der Waals surface area (Å²) >= 11 is 0. The van der Waals surface area contributed by atoms with Gasteiger partial charge in [0.15, 0.2) is 5.84 Å². The number of hydrogen-bond donors (Lipinski definition) is 1. The number of benzene rings is 2. The van der Waals surface area contributed by atoms with Crippen molar-refractivity contribution < 1.29 is 23.0 Å². The number of nitro groups is 1. The van der Waals surface area contributed by atoms with Crippen LogP contribution in [0.3, 0.4) is 0 Å². The molecule has 0 fully saturated rings. The number of nitrogens with one attached hydrogen (secondary N) is 1. The monoisotopic (exact) mass is 402 g/mol. The van der Waals surface area contributed by atoms with Gasteiger partial charge < -0.3 is 0 Å². The lowest BCUT2D eigenvalue weighted by Gasteiger charge is -2.29. The van der Waals surface area contributed by atoms with Gasteiger partial charge in [-0.2, -0.15) is 9.31 Å². The van der Waals surface area contributed by atoms with Crippen LogP contribution >= 0.6 is 0 Å². The molecule has 0 unspecified atom stereocenters. The zero-order valence-electron chi connectivity index (χ0n) is 14.9. The summed E-state index contributed by atoms with van der Waals surface area (Å²) in [6.45, 7) is 0. The van der Waals surface area contributed by atoms with E-state index in [4.69, 9.17) is 0 Å². The van der Waals surface area contributed by atoms with Crippen LogP contribution in [0.25, 0.3) is 0 Å². The molecule has 1 amide bonds. The molecule has 11 heteroatoms. The number of quaternary nitrogens is 1. The fraction of sp³-hybridized carbons (Fsp3) is 0.176. The van der Waals surface area contributed by atoms with Crippen LogP contribution in [-0.4, -0.2) is 54.8 Å². The standard InChI is InChI=1S/C17H15N5O5S/c1-19(2)17-20(16(23)11-6-5-7-12(10-11)22(24)25)18-15-13-8-3-4-9-14(13)28(26,27)21(15)17/h3-10,17H,1-2H3/p+1/t17-/m1/s1. The summed E-state index contributed by atoms with van der Waals surface area (Å²) in [5, 5.41) is 16.4. The van der Waals surface area contributed by atoms with Crippen LogP contribution in [0.5, 0.6) is 0 Å². The smallest absolute Gasteiger partial charge is 0.281 e. The van der Waals surface area contributed by atoms with E-state index in [0.29, 0.717) is 10.5 Å². The first kappa shape index (κ1) is 18.1. The second-order valence-electron chi connectivity index (χ2n) is 6.63. The molecular weight excluding hydrogens is 386 g/mol. The molecule has 2 aliphatic rings. The topological polar surface area (TPSA) is 118 Å². The van der Waals surface area contributed by atoms with Crippen LogP contribution in [0.4, 0.5) is 5.69 Å². The minimum atomic E-state index is -3.87. The first-order valence-electron chi connectivity index (χ1n) is 8.34. The van der Waals surface area contributed by atoms with Gasteiger partial charge in [-0.3, -0.25) is 19.8 Å². The van der Waals surface area contributed by atoms with Crippen molar-refractivity contribution in [3.63, 3.8) is 0 Å². The van der Waals surface area contributed by atoms with Crippen LogP contribution < -0.4 is 4.90 Å². The highest BCUT2D eigenvalue weighted by Gasteiger charge is 2.54. The molecule has 1 N–H and O–H groups in total. The van der Waals surface area contributed by atoms with Gasteiger partial charge in [0.25, 0.3) is 27.9 Å². The van der Waals surface area contributed by atoms with Crippen LogP contribution in [0.15, 0.2) is 58.5 Å². The molecule has 10 nitrogen and oxygen atoms in total. The Morgan fingerprint density at radius 3 is 2.57 bits per heavy atom. The maximum absolute atomic E-state index is 13.1. The van der Waals surface area contributed by atoms with E-state index in [9.17, 15) is 23.3 Å². The number of amides is 1. The lowest BCUT2D eigenvalue weighted by molar-refractivity contribution is -0.904. The Labute approximate surface area is 160 Å². The number of sulfonamides is 1. The largest absolute Gasteiger partial charge is 0.299 e. The number of hydrazone groups is 1. The maximum atomic E-state index is 13.1. The van der Waals surface area contributed by atoms with Crippen molar-refractivity contribution >= 4 is 27.5 Å². The highest BCUT2D eigenvalue weighted by Crippen LogP contribution is 2.36. The molecule has 1 atom stereocenters. The van der Waals surface area contributed by atoms with E-state index >= 15 is 0 Å². The number of carbonyl (C=O) groups excluding carboxylic acids is 1. The number of hydrogen-bond acceptors (Lipinski definition) is 6. The first-order valence-corrected chi connectivity index (χ1v) is 9.78. The van der Waals surface area contributed by atoms with Crippen molar-refractivity contribution in [2.45, 2.75) is 11.2 Å². The van der Waals surface area contributed by atoms with Gasteiger partial charge in [-0.15, -0.1) is 5.10 Å². The highest BCUT2D eigenvalue weighted by atomic mass is 32.2. The molecule has 2 aromatic carbocycles. The van der Waals surface area contributed by atoms with Crippen LogP contribution in [-0.2, 0) is 10.0 Å². The summed E-state index contributed by atoms with van der Waals surface area (Å²) in [7, 11) is -0.461. The molecule has 4 rings (SSSR count). The fourth-order valence-corrected chi connectivity index (χ4v) is 5.16. The van der Waals surface area contributed by atoms with E-state index in [1.165, 1.54) is 24.3 Å². The van der Waals surface area contributed by atoms with E-state index in [-0.39, 0.29) is 22.0 Å². The molecule has 0 aliphatic carbocycles. The molecule has 0 radical (unpaired) electrons. The summed E-state index contributed by atoms with van der Waals surface area (Å²) < 4.78 is 27.2. The molecule has 0 saturated carbocycles. The quantitative estimate of drug-likeness (QED) is 0.566. The average molecular weight is 402 g/mol. The van der Waals surface area contributed by atoms with Crippen molar-refractivity contribution in [2.75, 3.05) is 14.1 Å². The first-order chi connectivity index (χ1) is 13.2. The molecular formula is C17H16N5O5S+. The second-order valence-corrected chi connectivity index (χ2v) is 8.41. The van der Waals surface area contributed by atoms with Gasteiger partial charge in [-0.1, -0.05) is 18.2 Å². The minimum absolute atomic E-state index is 0.0525. The van der Waals surface area contributed by atoms with Gasteiger partial charge in [0.1, 0.15) is 0 Å². The molecule has 2 aromatic rings. The number of carbonyl (C=O) groups is 1. The van der Waals surface area contributed by atoms with E-state index in [2.05, 4.69) is 5.10 Å². The summed E-state index contributed by atoms with van der Waals surface area (Å²) in [4.78, 5) is 24.2. The Kier molecular flexibility index (Phi) is 3.94. The van der Waals surface area contributed by atoms with E-state index in [0.717, 1.165) is 15.4 Å². The van der Waals surface area contributed by atoms with Crippen LogP contribution in [0.1, 0.15) is 15.9 Å². The lowest BCUT2D eigenvalue weighted by Crippen LogP contribution is -3.13. The molecule has 2 heterocycles. The normalized spacial score (nSPS) is 19.4. The summed E-state index contributed by atoms with van der Waals surface area (Å²) in [5.41, 5.74) is 0.240. The van der Waals surface area contributed by atoms with Gasteiger partial charge in [-0.25, -0.2) is 8.42 Å². The van der Waals surface area contributed by atoms with Crippen LogP contribution in [0.2, 0.25) is 0 Å². The summed E-state index contributed by atoms with van der Waals surface area (Å²) in [6.07, 6.45) is -0.945. The van der Waals surface area contributed by atoms with Gasteiger partial charge in [0, 0.05) is 23.3 Å². The molecule has 0 aromatic heterocycles.